The number of urea groups is 1. The monoisotopic (exact) mass is 424 g/mol. The van der Waals surface area contributed by atoms with Crippen LogP contribution in [0.25, 0.3) is 0 Å². The van der Waals surface area contributed by atoms with Crippen LogP contribution in [0.1, 0.15) is 40.3 Å². The number of aryl methyl sites for hydroxylation is 1. The lowest BCUT2D eigenvalue weighted by molar-refractivity contribution is -0.128. The molecule has 2 aromatic rings. The molecule has 0 bridgehead atoms. The first-order chi connectivity index (χ1) is 15.0. The van der Waals surface area contributed by atoms with Crippen molar-refractivity contribution in [3.8, 4) is 0 Å². The number of rotatable bonds is 5. The van der Waals surface area contributed by atoms with Gasteiger partial charge in [-0.2, -0.15) is 0 Å². The van der Waals surface area contributed by atoms with Crippen LogP contribution in [0.5, 0.6) is 0 Å². The van der Waals surface area contributed by atoms with Gasteiger partial charge < -0.3 is 24.4 Å². The van der Waals surface area contributed by atoms with Gasteiger partial charge in [-0.3, -0.25) is 9.59 Å². The molecule has 31 heavy (non-hydrogen) atoms. The minimum absolute atomic E-state index is 0.132. The molecule has 8 nitrogen and oxygen atoms in total. The van der Waals surface area contributed by atoms with E-state index < -0.39 is 0 Å². The average Bonchev–Trinajstić information content (AvgIpc) is 3.40. The quantitative estimate of drug-likeness (QED) is 0.799. The summed E-state index contributed by atoms with van der Waals surface area (Å²) in [4.78, 5) is 42.0. The third-order valence-corrected chi connectivity index (χ3v) is 5.82. The number of nitrogens with one attached hydrogen (secondary N) is 1. The first kappa shape index (κ1) is 21.0. The van der Waals surface area contributed by atoms with Gasteiger partial charge in [0.05, 0.1) is 0 Å². The van der Waals surface area contributed by atoms with Gasteiger partial charge in [0.25, 0.3) is 5.91 Å². The minimum atomic E-state index is -0.135. The zero-order valence-electron chi connectivity index (χ0n) is 17.8. The Morgan fingerprint density at radius 3 is 2.23 bits per heavy atom. The molecule has 0 unspecified atom stereocenters. The van der Waals surface area contributed by atoms with Crippen LogP contribution in [0.2, 0.25) is 0 Å². The highest BCUT2D eigenvalue weighted by Gasteiger charge is 2.26. The third-order valence-electron chi connectivity index (χ3n) is 5.82. The fourth-order valence-electron chi connectivity index (χ4n) is 3.96. The number of carbonyl (C=O) groups is 3. The number of amides is 4. The molecular formula is C23H28N4O4. The fraction of sp³-hybridized carbons (Fsp3) is 0.435. The molecule has 0 atom stereocenters. The smallest absolute Gasteiger partial charge is 0.317 e. The topological polar surface area (TPSA) is 86.1 Å². The van der Waals surface area contributed by atoms with Gasteiger partial charge in [0, 0.05) is 52.2 Å². The van der Waals surface area contributed by atoms with E-state index >= 15 is 0 Å². The SMILES string of the molecule is Cc1ccc(C(=O)N2CCN(C(=O)NCc3ccc(CN4CCCC4=O)cc3)CC2)o1. The summed E-state index contributed by atoms with van der Waals surface area (Å²) in [6, 6.07) is 11.3. The molecule has 4 rings (SSSR count). The molecule has 2 fully saturated rings. The maximum Gasteiger partial charge on any atom is 0.317 e. The van der Waals surface area contributed by atoms with Crippen LogP contribution in [-0.2, 0) is 17.9 Å². The molecule has 2 aliphatic heterocycles. The third kappa shape index (κ3) is 5.07. The van der Waals surface area contributed by atoms with Gasteiger partial charge in [0.1, 0.15) is 5.76 Å². The Morgan fingerprint density at radius 2 is 1.61 bits per heavy atom. The molecule has 0 aliphatic carbocycles. The standard InChI is InChI=1S/C23H28N4O4/c1-17-4-9-20(31-17)22(29)25-11-13-26(14-12-25)23(30)24-15-18-5-7-19(8-6-18)16-27-10-2-3-21(27)28/h4-9H,2-3,10-16H2,1H3,(H,24,30). The summed E-state index contributed by atoms with van der Waals surface area (Å²) in [6.45, 7) is 5.66. The molecule has 1 N–H and O–H groups in total. The van der Waals surface area contributed by atoms with E-state index in [1.807, 2.05) is 29.2 Å². The molecule has 2 aliphatic rings. The normalized spacial score (nSPS) is 16.7. The van der Waals surface area contributed by atoms with Crippen molar-refractivity contribution < 1.29 is 18.8 Å². The Kier molecular flexibility index (Phi) is 6.25. The van der Waals surface area contributed by atoms with Crippen molar-refractivity contribution >= 4 is 17.8 Å². The summed E-state index contributed by atoms with van der Waals surface area (Å²) in [5.41, 5.74) is 2.10. The molecule has 1 aromatic heterocycles. The van der Waals surface area contributed by atoms with E-state index in [0.717, 1.165) is 24.1 Å². The zero-order valence-corrected chi connectivity index (χ0v) is 17.8. The Hall–Kier alpha value is -3.29. The summed E-state index contributed by atoms with van der Waals surface area (Å²) in [5, 5.41) is 2.95. The number of furan rings is 1. The zero-order chi connectivity index (χ0) is 21.8. The molecule has 4 amide bonds. The van der Waals surface area contributed by atoms with E-state index in [0.29, 0.717) is 57.2 Å². The van der Waals surface area contributed by atoms with Gasteiger partial charge in [-0.15, -0.1) is 0 Å². The second-order valence-electron chi connectivity index (χ2n) is 8.08. The summed E-state index contributed by atoms with van der Waals surface area (Å²) in [5.74, 6) is 1.13. The van der Waals surface area contributed by atoms with E-state index in [2.05, 4.69) is 5.32 Å². The molecule has 8 heteroatoms. The van der Waals surface area contributed by atoms with Crippen molar-refractivity contribution in [3.63, 3.8) is 0 Å². The van der Waals surface area contributed by atoms with Crippen LogP contribution in [0.3, 0.4) is 0 Å². The molecular weight excluding hydrogens is 396 g/mol. The van der Waals surface area contributed by atoms with E-state index in [-0.39, 0.29) is 17.8 Å². The average molecular weight is 425 g/mol. The molecule has 0 radical (unpaired) electrons. The second-order valence-corrected chi connectivity index (χ2v) is 8.08. The molecule has 0 spiro atoms. The van der Waals surface area contributed by atoms with Crippen LogP contribution in [-0.4, -0.2) is 65.3 Å². The molecule has 3 heterocycles. The molecule has 0 saturated carbocycles. The lowest BCUT2D eigenvalue weighted by Crippen LogP contribution is -2.53. The lowest BCUT2D eigenvalue weighted by Gasteiger charge is -2.34. The first-order valence-corrected chi connectivity index (χ1v) is 10.7. The number of likely N-dealkylation sites (tertiary alicyclic amines) is 1. The Balaban J connectivity index is 1.21. The van der Waals surface area contributed by atoms with E-state index in [1.54, 1.807) is 28.9 Å². The van der Waals surface area contributed by atoms with Crippen LogP contribution < -0.4 is 5.32 Å². The van der Waals surface area contributed by atoms with Crippen LogP contribution in [0.15, 0.2) is 40.8 Å². The van der Waals surface area contributed by atoms with Crippen molar-refractivity contribution in [2.45, 2.75) is 32.9 Å². The largest absolute Gasteiger partial charge is 0.456 e. The first-order valence-electron chi connectivity index (χ1n) is 10.7. The van der Waals surface area contributed by atoms with Crippen LogP contribution in [0.4, 0.5) is 4.79 Å². The number of benzene rings is 1. The van der Waals surface area contributed by atoms with Gasteiger partial charge in [-0.05, 0) is 36.6 Å². The van der Waals surface area contributed by atoms with E-state index in [9.17, 15) is 14.4 Å². The summed E-state index contributed by atoms with van der Waals surface area (Å²) in [7, 11) is 0. The minimum Gasteiger partial charge on any atom is -0.456 e. The molecule has 1 aromatic carbocycles. The van der Waals surface area contributed by atoms with E-state index in [4.69, 9.17) is 4.42 Å². The summed E-state index contributed by atoms with van der Waals surface area (Å²) >= 11 is 0. The Bertz CT molecular complexity index is 945. The highest BCUT2D eigenvalue weighted by molar-refractivity contribution is 5.91. The fourth-order valence-corrected chi connectivity index (χ4v) is 3.96. The van der Waals surface area contributed by atoms with Crippen molar-refractivity contribution in [3.05, 3.63) is 59.0 Å². The summed E-state index contributed by atoms with van der Waals surface area (Å²) in [6.07, 6.45) is 1.59. The maximum absolute atomic E-state index is 12.5. The number of hydrogen-bond acceptors (Lipinski definition) is 4. The highest BCUT2D eigenvalue weighted by atomic mass is 16.3. The van der Waals surface area contributed by atoms with E-state index in [1.165, 1.54) is 0 Å². The number of piperazine rings is 1. The van der Waals surface area contributed by atoms with Crippen molar-refractivity contribution in [2.24, 2.45) is 0 Å². The van der Waals surface area contributed by atoms with Crippen molar-refractivity contribution in [1.29, 1.82) is 0 Å². The van der Waals surface area contributed by atoms with Gasteiger partial charge >= 0.3 is 6.03 Å². The Morgan fingerprint density at radius 1 is 0.935 bits per heavy atom. The number of hydrogen-bond donors (Lipinski definition) is 1. The van der Waals surface area contributed by atoms with Crippen LogP contribution in [0, 0.1) is 6.92 Å². The molecule has 164 valence electrons. The van der Waals surface area contributed by atoms with Gasteiger partial charge in [0.15, 0.2) is 5.76 Å². The van der Waals surface area contributed by atoms with Gasteiger partial charge in [-0.1, -0.05) is 24.3 Å². The molecule has 2 saturated heterocycles. The predicted octanol–water partition coefficient (Wildman–Crippen LogP) is 2.38. The second kappa shape index (κ2) is 9.24. The summed E-state index contributed by atoms with van der Waals surface area (Å²) < 4.78 is 5.41. The van der Waals surface area contributed by atoms with Crippen molar-refractivity contribution in [2.75, 3.05) is 32.7 Å². The van der Waals surface area contributed by atoms with Gasteiger partial charge in [-0.25, -0.2) is 4.79 Å². The number of carbonyl (C=O) groups excluding carboxylic acids is 3. The van der Waals surface area contributed by atoms with Crippen LogP contribution >= 0.6 is 0 Å². The maximum atomic E-state index is 12.5. The van der Waals surface area contributed by atoms with Crippen molar-refractivity contribution in [1.82, 2.24) is 20.0 Å². The predicted molar refractivity (Wildman–Crippen MR) is 114 cm³/mol. The lowest BCUT2D eigenvalue weighted by atomic mass is 10.1. The number of nitrogens with zero attached hydrogens (tertiary/aromatic N) is 3. The highest BCUT2D eigenvalue weighted by Crippen LogP contribution is 2.15. The van der Waals surface area contributed by atoms with Gasteiger partial charge in [0.2, 0.25) is 5.91 Å². The Labute approximate surface area is 181 Å².